The second kappa shape index (κ2) is 7.40. The van der Waals surface area contributed by atoms with E-state index in [0.29, 0.717) is 12.8 Å². The molecule has 0 fully saturated rings. The van der Waals surface area contributed by atoms with Gasteiger partial charge in [-0.3, -0.25) is 0 Å². The Hall–Kier alpha value is -0.883. The number of hydrogen-bond acceptors (Lipinski definition) is 4. The van der Waals surface area contributed by atoms with Crippen LogP contribution in [0.15, 0.2) is 24.3 Å². The molecule has 0 N–H and O–H groups in total. The smallest absolute Gasteiger partial charge is 0.412 e. The van der Waals surface area contributed by atoms with Gasteiger partial charge >= 0.3 is 9.28 Å². The predicted octanol–water partition coefficient (Wildman–Crippen LogP) is 1.53. The summed E-state index contributed by atoms with van der Waals surface area (Å²) in [6, 6.07) is 7.78. The topological polar surface area (TPSA) is 36.9 Å². The Labute approximate surface area is 97.9 Å². The van der Waals surface area contributed by atoms with E-state index in [4.69, 9.17) is 18.3 Å². The zero-order valence-electron chi connectivity index (χ0n) is 9.86. The molecule has 0 aromatic heterocycles. The van der Waals surface area contributed by atoms with Crippen molar-refractivity contribution in [3.63, 3.8) is 0 Å². The van der Waals surface area contributed by atoms with Crippen LogP contribution in [-0.4, -0.2) is 36.8 Å². The van der Waals surface area contributed by atoms with Gasteiger partial charge in [0.25, 0.3) is 0 Å². The average Bonchev–Trinajstić information content (AvgIpc) is 2.35. The highest BCUT2D eigenvalue weighted by Gasteiger charge is 2.11. The number of benzene rings is 1. The molecule has 1 rings (SSSR count). The van der Waals surface area contributed by atoms with Gasteiger partial charge in [-0.05, 0) is 17.7 Å². The molecule has 0 unspecified atom stereocenters. The fourth-order valence-corrected chi connectivity index (χ4v) is 1.85. The maximum absolute atomic E-state index is 5.49. The van der Waals surface area contributed by atoms with Gasteiger partial charge in [0.15, 0.2) is 0 Å². The molecule has 0 amide bonds. The molecule has 0 bridgehead atoms. The molecular weight excluding hydrogens is 224 g/mol. The van der Waals surface area contributed by atoms with Crippen LogP contribution in [0.1, 0.15) is 5.56 Å². The first kappa shape index (κ1) is 13.2. The highest BCUT2D eigenvalue weighted by atomic mass is 28.3. The van der Waals surface area contributed by atoms with Crippen molar-refractivity contribution < 1.29 is 18.3 Å². The number of rotatable bonds is 7. The molecule has 0 saturated heterocycles. The third-order valence-corrected chi connectivity index (χ3v) is 3.45. The largest absolute Gasteiger partial charge is 0.497 e. The molecule has 5 heteroatoms. The van der Waals surface area contributed by atoms with E-state index in [1.807, 2.05) is 24.3 Å². The number of methoxy groups -OCH3 is 1. The molecule has 0 aliphatic carbocycles. The quantitative estimate of drug-likeness (QED) is 0.678. The average molecular weight is 241 g/mol. The summed E-state index contributed by atoms with van der Waals surface area (Å²) in [5.41, 5.74) is 1.11. The van der Waals surface area contributed by atoms with Gasteiger partial charge in [-0.25, -0.2) is 0 Å². The van der Waals surface area contributed by atoms with E-state index in [-0.39, 0.29) is 0 Å². The standard InChI is InChI=1S/C11H17O4Si/c1-12-11-6-4-10(5-7-11)8-15-9-16(13-2)14-3/h4-7H,8-9H2,1-3H3. The SMILES string of the molecule is COc1ccc(COC[Si](OC)OC)cc1. The van der Waals surface area contributed by atoms with Crippen LogP contribution in [0, 0.1) is 0 Å². The number of ether oxygens (including phenoxy) is 2. The van der Waals surface area contributed by atoms with Crippen LogP contribution in [0.25, 0.3) is 0 Å². The number of hydrogen-bond donors (Lipinski definition) is 0. The molecule has 0 spiro atoms. The van der Waals surface area contributed by atoms with E-state index in [1.54, 1.807) is 21.3 Å². The molecule has 89 valence electrons. The van der Waals surface area contributed by atoms with Crippen LogP contribution in [0.5, 0.6) is 5.75 Å². The maximum Gasteiger partial charge on any atom is 0.412 e. The first-order valence-corrected chi connectivity index (χ1v) is 6.47. The van der Waals surface area contributed by atoms with E-state index in [2.05, 4.69) is 0 Å². The summed E-state index contributed by atoms with van der Waals surface area (Å²) in [6.07, 6.45) is 0.518. The molecule has 0 atom stereocenters. The second-order valence-corrected chi connectivity index (χ2v) is 4.97. The van der Waals surface area contributed by atoms with Crippen molar-refractivity contribution in [2.75, 3.05) is 27.6 Å². The first-order valence-electron chi connectivity index (χ1n) is 4.94. The Kier molecular flexibility index (Phi) is 6.10. The van der Waals surface area contributed by atoms with Gasteiger partial charge in [-0.2, -0.15) is 0 Å². The molecule has 1 radical (unpaired) electrons. The normalized spacial score (nSPS) is 10.8. The summed E-state index contributed by atoms with van der Waals surface area (Å²) in [4.78, 5) is 0. The highest BCUT2D eigenvalue weighted by molar-refractivity contribution is 6.44. The van der Waals surface area contributed by atoms with E-state index in [9.17, 15) is 0 Å². The lowest BCUT2D eigenvalue weighted by molar-refractivity contribution is 0.128. The van der Waals surface area contributed by atoms with Crippen molar-refractivity contribution in [2.24, 2.45) is 0 Å². The first-order chi connectivity index (χ1) is 7.80. The lowest BCUT2D eigenvalue weighted by atomic mass is 10.2. The van der Waals surface area contributed by atoms with Gasteiger partial charge in [0.2, 0.25) is 0 Å². The van der Waals surface area contributed by atoms with Crippen molar-refractivity contribution in [1.82, 2.24) is 0 Å². The van der Waals surface area contributed by atoms with Gasteiger partial charge < -0.3 is 18.3 Å². The van der Waals surface area contributed by atoms with Crippen molar-refractivity contribution >= 4 is 9.28 Å². The van der Waals surface area contributed by atoms with E-state index in [0.717, 1.165) is 11.3 Å². The molecule has 1 aromatic carbocycles. The second-order valence-electron chi connectivity index (χ2n) is 3.12. The Morgan fingerprint density at radius 2 is 1.62 bits per heavy atom. The minimum atomic E-state index is -1.25. The fourth-order valence-electron chi connectivity index (χ4n) is 1.18. The van der Waals surface area contributed by atoms with Gasteiger partial charge in [0.05, 0.1) is 19.9 Å². The van der Waals surface area contributed by atoms with E-state index < -0.39 is 9.28 Å². The summed E-state index contributed by atoms with van der Waals surface area (Å²) in [7, 11) is 3.66. The third-order valence-electron chi connectivity index (χ3n) is 2.10. The van der Waals surface area contributed by atoms with Gasteiger partial charge in [0, 0.05) is 14.2 Å². The Morgan fingerprint density at radius 3 is 2.12 bits per heavy atom. The molecule has 0 saturated carbocycles. The molecule has 4 nitrogen and oxygen atoms in total. The lowest BCUT2D eigenvalue weighted by Crippen LogP contribution is -2.26. The Morgan fingerprint density at radius 1 is 1.00 bits per heavy atom. The van der Waals surface area contributed by atoms with Gasteiger partial charge in [-0.1, -0.05) is 12.1 Å². The van der Waals surface area contributed by atoms with Crippen LogP contribution in [0.3, 0.4) is 0 Å². The highest BCUT2D eigenvalue weighted by Crippen LogP contribution is 2.11. The maximum atomic E-state index is 5.49. The van der Waals surface area contributed by atoms with Crippen LogP contribution in [-0.2, 0) is 20.2 Å². The summed E-state index contributed by atoms with van der Waals surface area (Å²) in [6.45, 7) is 0.560. The Balaban J connectivity index is 2.31. The summed E-state index contributed by atoms with van der Waals surface area (Å²) < 4.78 is 20.8. The van der Waals surface area contributed by atoms with E-state index >= 15 is 0 Å². The van der Waals surface area contributed by atoms with Gasteiger partial charge in [-0.15, -0.1) is 0 Å². The van der Waals surface area contributed by atoms with Crippen molar-refractivity contribution in [3.05, 3.63) is 29.8 Å². The van der Waals surface area contributed by atoms with Gasteiger partial charge in [0.1, 0.15) is 5.75 Å². The summed E-state index contributed by atoms with van der Waals surface area (Å²) >= 11 is 0. The zero-order chi connectivity index (χ0) is 11.8. The minimum Gasteiger partial charge on any atom is -0.497 e. The lowest BCUT2D eigenvalue weighted by Gasteiger charge is -2.10. The zero-order valence-corrected chi connectivity index (χ0v) is 10.9. The fraction of sp³-hybridized carbons (Fsp3) is 0.455. The predicted molar refractivity (Wildman–Crippen MR) is 62.4 cm³/mol. The molecule has 16 heavy (non-hydrogen) atoms. The van der Waals surface area contributed by atoms with Crippen LogP contribution in [0.4, 0.5) is 0 Å². The third kappa shape index (κ3) is 4.32. The Bertz CT molecular complexity index is 285. The van der Waals surface area contributed by atoms with Crippen LogP contribution >= 0.6 is 0 Å². The summed E-state index contributed by atoms with van der Waals surface area (Å²) in [5, 5.41) is 0. The minimum absolute atomic E-state index is 0.518. The van der Waals surface area contributed by atoms with Crippen molar-refractivity contribution in [2.45, 2.75) is 6.61 Å². The molecule has 0 aliphatic rings. The van der Waals surface area contributed by atoms with Crippen molar-refractivity contribution in [3.8, 4) is 5.75 Å². The van der Waals surface area contributed by atoms with Crippen molar-refractivity contribution in [1.29, 1.82) is 0 Å². The molecule has 0 heterocycles. The van der Waals surface area contributed by atoms with E-state index in [1.165, 1.54) is 0 Å². The van der Waals surface area contributed by atoms with Crippen LogP contribution < -0.4 is 4.74 Å². The molecule has 0 aliphatic heterocycles. The molecule has 1 aromatic rings. The molecular formula is C11H17O4Si. The monoisotopic (exact) mass is 241 g/mol. The van der Waals surface area contributed by atoms with Crippen LogP contribution in [0.2, 0.25) is 0 Å². The summed E-state index contributed by atoms with van der Waals surface area (Å²) in [5.74, 6) is 0.849.